The van der Waals surface area contributed by atoms with Crippen LogP contribution in [0.5, 0.6) is 46.0 Å². The molecule has 0 unspecified atom stereocenters. The molecule has 7 aromatic rings. The predicted molar refractivity (Wildman–Crippen MR) is 225 cm³/mol. The summed E-state index contributed by atoms with van der Waals surface area (Å²) in [6.07, 6.45) is 8.19. The molecule has 6 aliphatic heterocycles. The third kappa shape index (κ3) is 5.17. The van der Waals surface area contributed by atoms with E-state index in [1.165, 1.54) is 0 Å². The summed E-state index contributed by atoms with van der Waals surface area (Å²) in [5.41, 5.74) is 13.6. The molecule has 0 fully saturated rings. The summed E-state index contributed by atoms with van der Waals surface area (Å²) in [5.74, 6) is 5.49. The van der Waals surface area contributed by atoms with Crippen LogP contribution in [0.2, 0.25) is 0 Å². The van der Waals surface area contributed by atoms with E-state index in [1.807, 2.05) is 91.0 Å². The highest BCUT2D eigenvalue weighted by Crippen LogP contribution is 2.45. The Morgan fingerprint density at radius 1 is 0.300 bits per heavy atom. The van der Waals surface area contributed by atoms with Crippen LogP contribution in [0, 0.1) is 0 Å². The number of ether oxygens (including phenoxy) is 8. The first-order chi connectivity index (χ1) is 29.7. The Balaban J connectivity index is 1.16. The molecule has 12 heteroatoms. The Kier molecular flexibility index (Phi) is 6.96. The van der Waals surface area contributed by atoms with Gasteiger partial charge in [-0.1, -0.05) is 24.3 Å². The van der Waals surface area contributed by atoms with E-state index in [0.29, 0.717) is 46.0 Å². The zero-order valence-electron chi connectivity index (χ0n) is 31.5. The zero-order chi connectivity index (χ0) is 39.3. The van der Waals surface area contributed by atoms with Crippen molar-refractivity contribution < 1.29 is 37.9 Å². The van der Waals surface area contributed by atoms with Crippen molar-refractivity contribution in [1.29, 1.82) is 0 Å². The fraction of sp³-hybridized carbons (Fsp3) is 0.0833. The van der Waals surface area contributed by atoms with Gasteiger partial charge in [0.2, 0.25) is 27.2 Å². The molecule has 4 aromatic carbocycles. The maximum Gasteiger partial charge on any atom is 0.231 e. The molecule has 290 valence electrons. The average molecular weight is 791 g/mol. The minimum absolute atomic E-state index is 0.164. The number of hydrogen-bond acceptors (Lipinski definition) is 10. The number of hydrogen-bond donors (Lipinski definition) is 2. The third-order valence-electron chi connectivity index (χ3n) is 11.4. The van der Waals surface area contributed by atoms with Gasteiger partial charge in [0, 0.05) is 44.3 Å². The van der Waals surface area contributed by atoms with Crippen molar-refractivity contribution in [1.82, 2.24) is 19.9 Å². The number of H-pyrrole nitrogens is 2. The van der Waals surface area contributed by atoms with E-state index in [1.54, 1.807) is 0 Å². The van der Waals surface area contributed by atoms with Gasteiger partial charge in [-0.25, -0.2) is 9.97 Å². The summed E-state index contributed by atoms with van der Waals surface area (Å²) in [4.78, 5) is 18.4. The van der Waals surface area contributed by atoms with Crippen LogP contribution >= 0.6 is 0 Å². The van der Waals surface area contributed by atoms with E-state index in [-0.39, 0.29) is 27.2 Å². The molecule has 13 rings (SSSR count). The molecule has 0 saturated heterocycles. The molecule has 9 heterocycles. The SMILES string of the molecule is C1=Cc2nc1c(-c1ccc3c(c1)OCO3)c1nc(c(-c3ccc4c(c3)OCO4)c3ccc([nH]3)c(-c3ccc4c(c3)OCO4)c3ccc([nH]3)c2-c2ccc3c(c2)OCO3)C=C1. The van der Waals surface area contributed by atoms with Crippen molar-refractivity contribution in [3.8, 4) is 90.5 Å². The monoisotopic (exact) mass is 790 g/mol. The Labute approximate surface area is 340 Å². The maximum absolute atomic E-state index is 5.87. The number of benzene rings is 4. The molecule has 60 heavy (non-hydrogen) atoms. The molecule has 0 radical (unpaired) electrons. The van der Waals surface area contributed by atoms with Gasteiger partial charge in [0.1, 0.15) is 0 Å². The Morgan fingerprint density at radius 3 is 0.950 bits per heavy atom. The molecule has 0 atom stereocenters. The lowest BCUT2D eigenvalue weighted by atomic mass is 10.0. The summed E-state index contributed by atoms with van der Waals surface area (Å²) >= 11 is 0. The van der Waals surface area contributed by atoms with Crippen LogP contribution in [0.15, 0.2) is 97.1 Å². The first-order valence-electron chi connectivity index (χ1n) is 19.4. The van der Waals surface area contributed by atoms with E-state index < -0.39 is 0 Å². The molecule has 0 saturated carbocycles. The molecule has 12 nitrogen and oxygen atoms in total. The number of nitrogens with one attached hydrogen (secondary N) is 2. The molecular weight excluding hydrogens is 761 g/mol. The van der Waals surface area contributed by atoms with Crippen LogP contribution in [0.1, 0.15) is 22.8 Å². The van der Waals surface area contributed by atoms with E-state index >= 15 is 0 Å². The van der Waals surface area contributed by atoms with E-state index in [2.05, 4.69) is 40.3 Å². The molecule has 2 N–H and O–H groups in total. The lowest BCUT2D eigenvalue weighted by molar-refractivity contribution is 0.173. The maximum atomic E-state index is 5.87. The summed E-state index contributed by atoms with van der Waals surface area (Å²) < 4.78 is 46.3. The van der Waals surface area contributed by atoms with Crippen molar-refractivity contribution in [3.63, 3.8) is 0 Å². The van der Waals surface area contributed by atoms with Crippen molar-refractivity contribution in [2.75, 3.05) is 27.2 Å². The van der Waals surface area contributed by atoms with Crippen LogP contribution in [0.25, 0.3) is 90.9 Å². The number of rotatable bonds is 4. The molecule has 0 aliphatic carbocycles. The first kappa shape index (κ1) is 32.9. The van der Waals surface area contributed by atoms with Crippen LogP contribution in [-0.2, 0) is 0 Å². The Bertz CT molecular complexity index is 3100. The topological polar surface area (TPSA) is 131 Å². The van der Waals surface area contributed by atoms with Crippen molar-refractivity contribution in [2.24, 2.45) is 0 Å². The van der Waals surface area contributed by atoms with Gasteiger partial charge in [-0.05, 0) is 119 Å². The van der Waals surface area contributed by atoms with Crippen LogP contribution in [0.3, 0.4) is 0 Å². The number of fused-ring (bicyclic) bond motifs is 12. The van der Waals surface area contributed by atoms with E-state index in [4.69, 9.17) is 47.9 Å². The van der Waals surface area contributed by atoms with Gasteiger partial charge in [0.25, 0.3) is 0 Å². The summed E-state index contributed by atoms with van der Waals surface area (Å²) in [6.45, 7) is 0.674. The molecule has 8 bridgehead atoms. The van der Waals surface area contributed by atoms with Gasteiger partial charge in [0.15, 0.2) is 46.0 Å². The molecule has 0 amide bonds. The van der Waals surface area contributed by atoms with Gasteiger partial charge in [-0.15, -0.1) is 0 Å². The van der Waals surface area contributed by atoms with Crippen molar-refractivity contribution in [3.05, 3.63) is 120 Å². The van der Waals surface area contributed by atoms with Gasteiger partial charge in [-0.3, -0.25) is 0 Å². The lowest BCUT2D eigenvalue weighted by Crippen LogP contribution is -1.93. The molecule has 3 aromatic heterocycles. The summed E-state index contributed by atoms with van der Waals surface area (Å²) in [5, 5.41) is 0. The minimum atomic E-state index is 0.164. The standard InChI is InChI=1S/C48H30N4O8/c1-13-37-41(57-21-53-37)17-25(1)45-29-5-7-31(49-29)46(26-2-14-38-42(18-26)58-22-54-38)33-9-11-35(51-33)48(28-4-16-40-44(20-28)60-24-56-40)36-12-10-34(52-36)47(32-8-6-30(45)50-32)27-3-15-39-43(19-27)59-23-55-39/h1-20,49-50H,21-24H2. The molecule has 0 spiro atoms. The Morgan fingerprint density at radius 2 is 0.583 bits per heavy atom. The first-order valence-corrected chi connectivity index (χ1v) is 19.4. The predicted octanol–water partition coefficient (Wildman–Crippen LogP) is 10.2. The lowest BCUT2D eigenvalue weighted by Gasteiger charge is -2.08. The van der Waals surface area contributed by atoms with Crippen LogP contribution in [-0.4, -0.2) is 47.1 Å². The second kappa shape index (κ2) is 12.7. The van der Waals surface area contributed by atoms with E-state index in [9.17, 15) is 0 Å². The van der Waals surface area contributed by atoms with Gasteiger partial charge in [-0.2, -0.15) is 0 Å². The summed E-state index contributed by atoms with van der Waals surface area (Å²) in [7, 11) is 0. The fourth-order valence-electron chi connectivity index (χ4n) is 8.63. The normalized spacial score (nSPS) is 14.7. The van der Waals surface area contributed by atoms with Crippen LogP contribution < -0.4 is 37.9 Å². The van der Waals surface area contributed by atoms with Crippen molar-refractivity contribution in [2.45, 2.75) is 0 Å². The number of aromatic amines is 2. The minimum Gasteiger partial charge on any atom is -0.454 e. The second-order valence-corrected chi connectivity index (χ2v) is 14.8. The van der Waals surface area contributed by atoms with Gasteiger partial charge in [0.05, 0.1) is 22.8 Å². The third-order valence-corrected chi connectivity index (χ3v) is 11.4. The zero-order valence-corrected chi connectivity index (χ0v) is 31.5. The molecular formula is C48H30N4O8. The largest absolute Gasteiger partial charge is 0.454 e. The van der Waals surface area contributed by atoms with E-state index in [0.717, 1.165) is 89.4 Å². The number of aromatic nitrogens is 4. The van der Waals surface area contributed by atoms with Gasteiger partial charge >= 0.3 is 0 Å². The summed E-state index contributed by atoms with van der Waals surface area (Å²) in [6, 6.07) is 32.3. The second-order valence-electron chi connectivity index (χ2n) is 14.8. The quantitative estimate of drug-likeness (QED) is 0.178. The number of nitrogens with zero attached hydrogens (tertiary/aromatic N) is 2. The molecule has 6 aliphatic rings. The smallest absolute Gasteiger partial charge is 0.231 e. The highest BCUT2D eigenvalue weighted by Gasteiger charge is 2.24. The Hall–Kier alpha value is -8.12. The highest BCUT2D eigenvalue weighted by molar-refractivity contribution is 6.00. The van der Waals surface area contributed by atoms with Crippen LogP contribution in [0.4, 0.5) is 0 Å². The fourth-order valence-corrected chi connectivity index (χ4v) is 8.63. The van der Waals surface area contributed by atoms with Gasteiger partial charge < -0.3 is 47.9 Å². The van der Waals surface area contributed by atoms with Crippen molar-refractivity contribution >= 4 is 46.4 Å². The average Bonchev–Trinajstić information content (AvgIpc) is 4.12. The highest BCUT2D eigenvalue weighted by atomic mass is 16.7.